The highest BCUT2D eigenvalue weighted by Crippen LogP contribution is 2.47. The average Bonchev–Trinajstić information content (AvgIpc) is 3.21. The number of likely N-dealkylation sites (tertiary alicyclic amines) is 1. The molecule has 0 spiro atoms. The molecule has 0 radical (unpaired) electrons. The molecule has 0 aromatic rings. The molecule has 5 nitrogen and oxygen atoms in total. The van der Waals surface area contributed by atoms with Crippen LogP contribution in [0.25, 0.3) is 0 Å². The maximum atomic E-state index is 6.06. The van der Waals surface area contributed by atoms with Crippen LogP contribution in [0.1, 0.15) is 25.7 Å². The minimum absolute atomic E-state index is 0.526. The lowest BCUT2D eigenvalue weighted by molar-refractivity contribution is 0.0669. The van der Waals surface area contributed by atoms with Gasteiger partial charge in [0.15, 0.2) is 5.96 Å². The van der Waals surface area contributed by atoms with Gasteiger partial charge in [0.05, 0.1) is 12.2 Å². The molecule has 5 heteroatoms. The molecule has 0 amide bonds. The lowest BCUT2D eigenvalue weighted by Gasteiger charge is -2.27. The molecule has 0 aromatic heterocycles. The first kappa shape index (κ1) is 13.8. The fraction of sp³-hybridized carbons (Fsp3) is 0.938. The van der Waals surface area contributed by atoms with Crippen LogP contribution in [-0.2, 0) is 9.47 Å². The second-order valence-corrected chi connectivity index (χ2v) is 7.01. The number of nitrogens with zero attached hydrogens (tertiary/aromatic N) is 2. The van der Waals surface area contributed by atoms with Crippen LogP contribution in [0.5, 0.6) is 0 Å². The van der Waals surface area contributed by atoms with E-state index in [0.29, 0.717) is 12.2 Å². The van der Waals surface area contributed by atoms with Crippen LogP contribution in [0.3, 0.4) is 0 Å². The predicted molar refractivity (Wildman–Crippen MR) is 81.4 cm³/mol. The maximum absolute atomic E-state index is 6.06. The Balaban J connectivity index is 1.32. The van der Waals surface area contributed by atoms with Gasteiger partial charge in [-0.2, -0.15) is 0 Å². The van der Waals surface area contributed by atoms with E-state index in [4.69, 9.17) is 9.47 Å². The second kappa shape index (κ2) is 5.76. The molecule has 4 rings (SSSR count). The topological polar surface area (TPSA) is 46.1 Å². The molecule has 4 unspecified atom stereocenters. The molecule has 0 saturated carbocycles. The first-order chi connectivity index (χ1) is 10.3. The molecular weight excluding hydrogens is 266 g/mol. The van der Waals surface area contributed by atoms with Gasteiger partial charge in [-0.25, -0.2) is 0 Å². The summed E-state index contributed by atoms with van der Waals surface area (Å²) < 4.78 is 11.5. The van der Waals surface area contributed by atoms with E-state index in [1.165, 1.54) is 25.7 Å². The number of hydrogen-bond acceptors (Lipinski definition) is 3. The number of guanidine groups is 1. The summed E-state index contributed by atoms with van der Waals surface area (Å²) in [7, 11) is 1.91. The van der Waals surface area contributed by atoms with Gasteiger partial charge in [0.1, 0.15) is 0 Å². The Kier molecular flexibility index (Phi) is 3.79. The summed E-state index contributed by atoms with van der Waals surface area (Å²) in [5.41, 5.74) is 0. The van der Waals surface area contributed by atoms with E-state index >= 15 is 0 Å². The largest absolute Gasteiger partial charge is 0.381 e. The predicted octanol–water partition coefficient (Wildman–Crippen LogP) is 1.10. The van der Waals surface area contributed by atoms with Crippen LogP contribution in [-0.4, -0.2) is 63.0 Å². The van der Waals surface area contributed by atoms with Crippen molar-refractivity contribution in [2.75, 3.05) is 39.9 Å². The molecule has 4 aliphatic heterocycles. The van der Waals surface area contributed by atoms with Gasteiger partial charge in [0.25, 0.3) is 0 Å². The summed E-state index contributed by atoms with van der Waals surface area (Å²) in [5, 5.41) is 3.60. The molecule has 4 saturated heterocycles. The van der Waals surface area contributed by atoms with Crippen molar-refractivity contribution in [1.29, 1.82) is 0 Å². The summed E-state index contributed by atoms with van der Waals surface area (Å²) in [5.74, 6) is 3.31. The first-order valence-electron chi connectivity index (χ1n) is 8.54. The number of aliphatic imine (C=N–C) groups is 1. The normalized spacial score (nSPS) is 39.9. The molecule has 4 atom stereocenters. The summed E-state index contributed by atoms with van der Waals surface area (Å²) in [6.45, 7) is 5.11. The fourth-order valence-corrected chi connectivity index (χ4v) is 4.65. The van der Waals surface area contributed by atoms with E-state index in [2.05, 4.69) is 15.2 Å². The molecule has 0 aromatic carbocycles. The summed E-state index contributed by atoms with van der Waals surface area (Å²) in [6.07, 6.45) is 5.94. The average molecular weight is 293 g/mol. The molecule has 1 N–H and O–H groups in total. The Labute approximate surface area is 127 Å². The number of fused-ring (bicyclic) bond motifs is 5. The maximum Gasteiger partial charge on any atom is 0.193 e. The molecular formula is C16H27N3O2. The third kappa shape index (κ3) is 2.55. The number of hydrogen-bond donors (Lipinski definition) is 1. The van der Waals surface area contributed by atoms with Gasteiger partial charge in [-0.05, 0) is 31.6 Å². The Hall–Kier alpha value is -0.810. The van der Waals surface area contributed by atoms with E-state index in [1.807, 2.05) is 7.05 Å². The van der Waals surface area contributed by atoms with Gasteiger partial charge >= 0.3 is 0 Å². The lowest BCUT2D eigenvalue weighted by Crippen LogP contribution is -2.43. The SMILES string of the molecule is CN=C(NCC1CCOCC1)N1CC2C3CCC(O3)C2C1. The van der Waals surface area contributed by atoms with Crippen molar-refractivity contribution in [3.05, 3.63) is 0 Å². The van der Waals surface area contributed by atoms with Crippen LogP contribution in [0.15, 0.2) is 4.99 Å². The van der Waals surface area contributed by atoms with Crippen LogP contribution >= 0.6 is 0 Å². The second-order valence-electron chi connectivity index (χ2n) is 7.01. The van der Waals surface area contributed by atoms with Gasteiger partial charge in [0.2, 0.25) is 0 Å². The Morgan fingerprint density at radius 2 is 1.76 bits per heavy atom. The Morgan fingerprint density at radius 1 is 1.10 bits per heavy atom. The van der Waals surface area contributed by atoms with E-state index < -0.39 is 0 Å². The van der Waals surface area contributed by atoms with Crippen molar-refractivity contribution < 1.29 is 9.47 Å². The molecule has 4 fully saturated rings. The van der Waals surface area contributed by atoms with Crippen molar-refractivity contribution in [1.82, 2.24) is 10.2 Å². The van der Waals surface area contributed by atoms with Crippen LogP contribution in [0, 0.1) is 17.8 Å². The van der Waals surface area contributed by atoms with Gasteiger partial charge in [-0.1, -0.05) is 0 Å². The van der Waals surface area contributed by atoms with Crippen molar-refractivity contribution in [2.45, 2.75) is 37.9 Å². The molecule has 118 valence electrons. The molecule has 21 heavy (non-hydrogen) atoms. The van der Waals surface area contributed by atoms with Crippen molar-refractivity contribution in [3.63, 3.8) is 0 Å². The highest BCUT2D eigenvalue weighted by atomic mass is 16.5. The van der Waals surface area contributed by atoms with Crippen molar-refractivity contribution >= 4 is 5.96 Å². The minimum Gasteiger partial charge on any atom is -0.381 e. The highest BCUT2D eigenvalue weighted by molar-refractivity contribution is 5.80. The summed E-state index contributed by atoms with van der Waals surface area (Å²) >= 11 is 0. The Morgan fingerprint density at radius 3 is 2.38 bits per heavy atom. The zero-order valence-electron chi connectivity index (χ0n) is 13.0. The molecule has 4 heterocycles. The first-order valence-corrected chi connectivity index (χ1v) is 8.54. The fourth-order valence-electron chi connectivity index (χ4n) is 4.65. The summed E-state index contributed by atoms with van der Waals surface area (Å²) in [6, 6.07) is 0. The highest BCUT2D eigenvalue weighted by Gasteiger charge is 2.53. The zero-order valence-corrected chi connectivity index (χ0v) is 13.0. The van der Waals surface area contributed by atoms with Gasteiger partial charge in [-0.3, -0.25) is 4.99 Å². The summed E-state index contributed by atoms with van der Waals surface area (Å²) in [4.78, 5) is 6.97. The molecule has 2 bridgehead atoms. The van der Waals surface area contributed by atoms with E-state index in [-0.39, 0.29) is 0 Å². The molecule has 0 aliphatic carbocycles. The number of ether oxygens (including phenoxy) is 2. The standard InChI is InChI=1S/C16H27N3O2/c1-17-16(18-8-11-4-6-20-7-5-11)19-9-12-13(10-19)15-3-2-14(12)21-15/h11-15H,2-10H2,1H3,(H,17,18). The van der Waals surface area contributed by atoms with Gasteiger partial charge < -0.3 is 19.7 Å². The number of rotatable bonds is 2. The van der Waals surface area contributed by atoms with E-state index in [1.54, 1.807) is 0 Å². The quantitative estimate of drug-likeness (QED) is 0.612. The lowest BCUT2D eigenvalue weighted by atomic mass is 9.82. The van der Waals surface area contributed by atoms with Gasteiger partial charge in [-0.15, -0.1) is 0 Å². The minimum atomic E-state index is 0.526. The Bertz CT molecular complexity index is 390. The van der Waals surface area contributed by atoms with Crippen molar-refractivity contribution in [3.8, 4) is 0 Å². The third-order valence-corrected chi connectivity index (χ3v) is 5.85. The van der Waals surface area contributed by atoms with Gasteiger partial charge in [0, 0.05) is 51.7 Å². The van der Waals surface area contributed by atoms with Crippen LogP contribution in [0.2, 0.25) is 0 Å². The van der Waals surface area contributed by atoms with E-state index in [0.717, 1.165) is 56.6 Å². The number of nitrogens with one attached hydrogen (secondary N) is 1. The van der Waals surface area contributed by atoms with E-state index in [9.17, 15) is 0 Å². The van der Waals surface area contributed by atoms with Crippen LogP contribution in [0.4, 0.5) is 0 Å². The van der Waals surface area contributed by atoms with Crippen LogP contribution < -0.4 is 5.32 Å². The smallest absolute Gasteiger partial charge is 0.193 e. The molecule has 4 aliphatic rings. The third-order valence-electron chi connectivity index (χ3n) is 5.85. The zero-order chi connectivity index (χ0) is 14.2. The monoisotopic (exact) mass is 293 g/mol. The van der Waals surface area contributed by atoms with Crippen molar-refractivity contribution in [2.24, 2.45) is 22.7 Å².